The van der Waals surface area contributed by atoms with Crippen LogP contribution >= 0.6 is 11.6 Å². The summed E-state index contributed by atoms with van der Waals surface area (Å²) in [6.07, 6.45) is 5.00. The Kier molecular flexibility index (Phi) is 6.10. The molecule has 1 atom stereocenters. The Labute approximate surface area is 247 Å². The first-order valence-electron chi connectivity index (χ1n) is 13.7. The van der Waals surface area contributed by atoms with Crippen molar-refractivity contribution in [2.24, 2.45) is 0 Å². The van der Waals surface area contributed by atoms with Crippen molar-refractivity contribution in [3.63, 3.8) is 0 Å². The van der Waals surface area contributed by atoms with Crippen LogP contribution in [0, 0.1) is 17.1 Å². The lowest BCUT2D eigenvalue weighted by Crippen LogP contribution is -2.51. The Morgan fingerprint density at radius 2 is 1.69 bits per heavy atom. The van der Waals surface area contributed by atoms with Crippen molar-refractivity contribution in [3.8, 4) is 6.07 Å². The predicted octanol–water partition coefficient (Wildman–Crippen LogP) is 6.98. The Hall–Kier alpha value is -4.93. The highest BCUT2D eigenvalue weighted by Crippen LogP contribution is 2.58. The summed E-state index contributed by atoms with van der Waals surface area (Å²) >= 11 is 6.44. The second-order valence-electron chi connectivity index (χ2n) is 10.6. The molecule has 0 fully saturated rings. The van der Waals surface area contributed by atoms with Gasteiger partial charge in [-0.15, -0.1) is 0 Å². The number of fused-ring (bicyclic) bond motifs is 3. The van der Waals surface area contributed by atoms with E-state index in [0.29, 0.717) is 57.5 Å². The van der Waals surface area contributed by atoms with Crippen molar-refractivity contribution in [2.75, 3.05) is 9.80 Å². The maximum absolute atomic E-state index is 15.0. The number of aromatic nitrogens is 1. The number of para-hydroxylation sites is 1. The molecular formula is C34H24ClFN4O2. The molecular weight excluding hydrogens is 551 g/mol. The number of amides is 1. The highest BCUT2D eigenvalue weighted by atomic mass is 35.5. The summed E-state index contributed by atoms with van der Waals surface area (Å²) in [7, 11) is 0. The lowest BCUT2D eigenvalue weighted by Gasteiger charge is -2.45. The van der Waals surface area contributed by atoms with E-state index in [1.165, 1.54) is 11.0 Å². The van der Waals surface area contributed by atoms with Gasteiger partial charge in [-0.05, 0) is 55.3 Å². The van der Waals surface area contributed by atoms with Crippen LogP contribution in [-0.2, 0) is 21.5 Å². The van der Waals surface area contributed by atoms with Crippen LogP contribution in [0.4, 0.5) is 15.8 Å². The van der Waals surface area contributed by atoms with Crippen LogP contribution in [0.25, 0.3) is 5.82 Å². The zero-order valence-electron chi connectivity index (χ0n) is 22.4. The molecule has 1 unspecified atom stereocenters. The highest BCUT2D eigenvalue weighted by Gasteiger charge is 2.62. The van der Waals surface area contributed by atoms with Gasteiger partial charge in [-0.25, -0.2) is 4.39 Å². The highest BCUT2D eigenvalue weighted by molar-refractivity contribution is 6.31. The first-order valence-corrected chi connectivity index (χ1v) is 14.1. The SMILES string of the molecule is N#CC1=C(n2cccc2)N(c2cccc(Cl)c2)C2=C(C(=O)CCC2)C12C(=O)N(Cc1ccccc1F)c1ccccc12. The minimum absolute atomic E-state index is 0.0450. The van der Waals surface area contributed by atoms with Crippen LogP contribution in [0.3, 0.4) is 0 Å². The fourth-order valence-electron chi connectivity index (χ4n) is 6.65. The first kappa shape index (κ1) is 26.0. The minimum Gasteiger partial charge on any atom is -0.309 e. The topological polar surface area (TPSA) is 69.3 Å². The number of nitriles is 1. The lowest BCUT2D eigenvalue weighted by molar-refractivity contribution is -0.124. The molecule has 7 rings (SSSR count). The summed E-state index contributed by atoms with van der Waals surface area (Å²) in [5.74, 6) is -0.605. The third-order valence-electron chi connectivity index (χ3n) is 8.32. The molecule has 42 heavy (non-hydrogen) atoms. The molecule has 206 valence electrons. The molecule has 2 aliphatic heterocycles. The van der Waals surface area contributed by atoms with Gasteiger partial charge in [0.25, 0.3) is 0 Å². The molecule has 0 bridgehead atoms. The molecule has 1 amide bonds. The van der Waals surface area contributed by atoms with E-state index in [9.17, 15) is 14.4 Å². The summed E-state index contributed by atoms with van der Waals surface area (Å²) in [4.78, 5) is 32.5. The molecule has 0 saturated heterocycles. The number of halogens is 2. The van der Waals surface area contributed by atoms with E-state index in [2.05, 4.69) is 6.07 Å². The van der Waals surface area contributed by atoms with Gasteiger partial charge in [0.05, 0.1) is 12.1 Å². The first-order chi connectivity index (χ1) is 20.5. The van der Waals surface area contributed by atoms with Gasteiger partial charge < -0.3 is 9.47 Å². The number of anilines is 2. The molecule has 4 aromatic rings. The van der Waals surface area contributed by atoms with Crippen LogP contribution in [0.2, 0.25) is 5.02 Å². The average Bonchev–Trinajstić information content (AvgIpc) is 3.61. The number of carbonyl (C=O) groups excluding carboxylic acids is 2. The molecule has 0 saturated carbocycles. The number of nitrogens with zero attached hydrogens (tertiary/aromatic N) is 4. The molecule has 0 N–H and O–H groups in total. The summed E-state index contributed by atoms with van der Waals surface area (Å²) in [6.45, 7) is -0.0450. The zero-order chi connectivity index (χ0) is 29.0. The van der Waals surface area contributed by atoms with Gasteiger partial charge in [-0.3, -0.25) is 14.5 Å². The summed E-state index contributed by atoms with van der Waals surface area (Å²) < 4.78 is 16.7. The van der Waals surface area contributed by atoms with Crippen LogP contribution in [-0.4, -0.2) is 16.3 Å². The number of benzene rings is 3. The van der Waals surface area contributed by atoms with E-state index in [0.717, 1.165) is 0 Å². The summed E-state index contributed by atoms with van der Waals surface area (Å²) in [6, 6.07) is 26.9. The van der Waals surface area contributed by atoms with E-state index in [1.807, 2.05) is 47.6 Å². The fraction of sp³-hybridized carbons (Fsp3) is 0.147. The van der Waals surface area contributed by atoms with E-state index >= 15 is 4.79 Å². The minimum atomic E-state index is -1.70. The van der Waals surface area contributed by atoms with Crippen molar-refractivity contribution < 1.29 is 14.0 Å². The van der Waals surface area contributed by atoms with E-state index in [-0.39, 0.29) is 24.3 Å². The molecule has 8 heteroatoms. The third-order valence-corrected chi connectivity index (χ3v) is 8.55. The molecule has 1 spiro atoms. The molecule has 3 aliphatic rings. The Balaban J connectivity index is 1.57. The van der Waals surface area contributed by atoms with E-state index < -0.39 is 17.1 Å². The van der Waals surface area contributed by atoms with Crippen LogP contribution < -0.4 is 9.80 Å². The second kappa shape index (κ2) is 9.86. The van der Waals surface area contributed by atoms with Gasteiger partial charge >= 0.3 is 0 Å². The van der Waals surface area contributed by atoms with Gasteiger partial charge in [0.15, 0.2) is 5.78 Å². The van der Waals surface area contributed by atoms with Gasteiger partial charge in [-0.2, -0.15) is 5.26 Å². The maximum Gasteiger partial charge on any atom is 0.248 e. The molecule has 1 aliphatic carbocycles. The molecule has 1 aromatic heterocycles. The number of carbonyl (C=O) groups is 2. The molecule has 0 radical (unpaired) electrons. The number of allylic oxidation sites excluding steroid dienone is 1. The van der Waals surface area contributed by atoms with Crippen molar-refractivity contribution in [2.45, 2.75) is 31.2 Å². The Morgan fingerprint density at radius 3 is 2.45 bits per heavy atom. The number of rotatable bonds is 4. The second-order valence-corrected chi connectivity index (χ2v) is 11.0. The zero-order valence-corrected chi connectivity index (χ0v) is 23.2. The number of hydrogen-bond donors (Lipinski definition) is 0. The van der Waals surface area contributed by atoms with Gasteiger partial charge in [0.1, 0.15) is 23.1 Å². The number of ketones is 1. The van der Waals surface area contributed by atoms with Crippen molar-refractivity contribution in [1.29, 1.82) is 5.26 Å². The standard InChI is InChI=1S/C34H24ClFN4O2/c35-23-10-7-11-24(19-23)40-29-15-8-16-30(41)31(29)34(26(20-37)32(40)38-17-5-6-18-38)25-12-2-4-14-28(25)39(33(34)42)21-22-9-1-3-13-27(22)36/h1-7,9-14,17-19H,8,15-16,21H2. The van der Waals surface area contributed by atoms with Crippen molar-refractivity contribution in [3.05, 3.63) is 136 Å². The van der Waals surface area contributed by atoms with Crippen LogP contribution in [0.5, 0.6) is 0 Å². The van der Waals surface area contributed by atoms with Gasteiger partial charge in [-0.1, -0.05) is 54.1 Å². The largest absolute Gasteiger partial charge is 0.309 e. The number of hydrogen-bond acceptors (Lipinski definition) is 4. The summed E-state index contributed by atoms with van der Waals surface area (Å²) in [5, 5.41) is 11.5. The van der Waals surface area contributed by atoms with Crippen LogP contribution in [0.1, 0.15) is 30.4 Å². The Morgan fingerprint density at radius 1 is 0.929 bits per heavy atom. The maximum atomic E-state index is 15.0. The number of Topliss-reactive ketones (excluding diaryl/α,β-unsaturated/α-hetero) is 1. The Bertz CT molecular complexity index is 1890. The van der Waals surface area contributed by atoms with Gasteiger partial charge in [0, 0.05) is 57.6 Å². The van der Waals surface area contributed by atoms with E-state index in [1.54, 1.807) is 53.1 Å². The summed E-state index contributed by atoms with van der Waals surface area (Å²) in [5.41, 5.74) is 1.50. The average molecular weight is 575 g/mol. The monoisotopic (exact) mass is 574 g/mol. The molecule has 3 heterocycles. The van der Waals surface area contributed by atoms with Crippen molar-refractivity contribution in [1.82, 2.24) is 4.57 Å². The third kappa shape index (κ3) is 3.62. The van der Waals surface area contributed by atoms with Gasteiger partial charge in [0.2, 0.25) is 5.91 Å². The predicted molar refractivity (Wildman–Crippen MR) is 159 cm³/mol. The smallest absolute Gasteiger partial charge is 0.248 e. The van der Waals surface area contributed by atoms with Crippen molar-refractivity contribution >= 4 is 40.5 Å². The normalized spacial score (nSPS) is 19.8. The lowest BCUT2D eigenvalue weighted by atomic mass is 9.63. The molecule has 3 aromatic carbocycles. The quantitative estimate of drug-likeness (QED) is 0.263. The molecule has 6 nitrogen and oxygen atoms in total. The van der Waals surface area contributed by atoms with E-state index in [4.69, 9.17) is 11.6 Å². The fourth-order valence-corrected chi connectivity index (χ4v) is 6.83. The van der Waals surface area contributed by atoms with Crippen LogP contribution in [0.15, 0.2) is 114 Å².